The van der Waals surface area contributed by atoms with Gasteiger partial charge in [0.05, 0.1) is 16.7 Å². The molecule has 0 bridgehead atoms. The van der Waals surface area contributed by atoms with E-state index in [0.29, 0.717) is 22.7 Å². The van der Waals surface area contributed by atoms with Gasteiger partial charge in [0.2, 0.25) is 0 Å². The third-order valence-electron chi connectivity index (χ3n) is 3.57. The van der Waals surface area contributed by atoms with Crippen molar-refractivity contribution in [3.8, 4) is 0 Å². The molecular weight excluding hydrogens is 310 g/mol. The van der Waals surface area contributed by atoms with E-state index >= 15 is 0 Å². The molecule has 2 aromatic rings. The standard InChI is InChI=1S/C15H14ClNO3S/c16-11-5-7-12(8-6-11)21(19,20)17-10-9-15(18)13-3-1-2-4-14(13)17/h1-8,15,18H,9-10H2. The van der Waals surface area contributed by atoms with Gasteiger partial charge in [-0.1, -0.05) is 29.8 Å². The zero-order valence-corrected chi connectivity index (χ0v) is 12.7. The van der Waals surface area contributed by atoms with Gasteiger partial charge in [-0.15, -0.1) is 0 Å². The van der Waals surface area contributed by atoms with Crippen molar-refractivity contribution in [1.82, 2.24) is 0 Å². The van der Waals surface area contributed by atoms with E-state index in [2.05, 4.69) is 0 Å². The fraction of sp³-hybridized carbons (Fsp3) is 0.200. The first kappa shape index (κ1) is 14.4. The summed E-state index contributed by atoms with van der Waals surface area (Å²) in [4.78, 5) is 0.193. The quantitative estimate of drug-likeness (QED) is 0.924. The second-order valence-corrected chi connectivity index (χ2v) is 7.19. The number of anilines is 1. The molecule has 4 nitrogen and oxygen atoms in total. The summed E-state index contributed by atoms with van der Waals surface area (Å²) in [7, 11) is -3.65. The molecule has 110 valence electrons. The van der Waals surface area contributed by atoms with Crippen molar-refractivity contribution in [2.24, 2.45) is 0 Å². The van der Waals surface area contributed by atoms with Gasteiger partial charge < -0.3 is 5.11 Å². The number of para-hydroxylation sites is 1. The molecule has 1 N–H and O–H groups in total. The van der Waals surface area contributed by atoms with E-state index in [9.17, 15) is 13.5 Å². The molecule has 0 saturated heterocycles. The molecule has 0 amide bonds. The molecule has 0 saturated carbocycles. The lowest BCUT2D eigenvalue weighted by Gasteiger charge is -2.32. The lowest BCUT2D eigenvalue weighted by atomic mass is 10.0. The highest BCUT2D eigenvalue weighted by Gasteiger charge is 2.32. The molecule has 1 atom stereocenters. The van der Waals surface area contributed by atoms with Gasteiger partial charge in [-0.25, -0.2) is 8.42 Å². The number of aliphatic hydroxyl groups excluding tert-OH is 1. The summed E-state index contributed by atoms with van der Waals surface area (Å²) >= 11 is 5.81. The van der Waals surface area contributed by atoms with Gasteiger partial charge in [0, 0.05) is 17.1 Å². The van der Waals surface area contributed by atoms with Crippen LogP contribution in [0.25, 0.3) is 0 Å². The number of sulfonamides is 1. The van der Waals surface area contributed by atoms with Crippen LogP contribution < -0.4 is 4.31 Å². The van der Waals surface area contributed by atoms with E-state index in [1.165, 1.54) is 16.4 Å². The Balaban J connectivity index is 2.08. The number of aliphatic hydroxyl groups is 1. The molecule has 0 aliphatic carbocycles. The first-order valence-electron chi connectivity index (χ1n) is 6.55. The van der Waals surface area contributed by atoms with Gasteiger partial charge in [0.25, 0.3) is 10.0 Å². The molecule has 0 fully saturated rings. The minimum absolute atomic E-state index is 0.193. The second kappa shape index (κ2) is 5.33. The van der Waals surface area contributed by atoms with E-state index in [-0.39, 0.29) is 11.4 Å². The van der Waals surface area contributed by atoms with Gasteiger partial charge in [-0.3, -0.25) is 4.31 Å². The van der Waals surface area contributed by atoms with Gasteiger partial charge in [0.1, 0.15) is 0 Å². The molecule has 2 aromatic carbocycles. The van der Waals surface area contributed by atoms with E-state index in [1.807, 2.05) is 0 Å². The lowest BCUT2D eigenvalue weighted by Crippen LogP contribution is -2.36. The van der Waals surface area contributed by atoms with Gasteiger partial charge in [-0.2, -0.15) is 0 Å². The first-order chi connectivity index (χ1) is 10.00. The molecular formula is C15H14ClNO3S. The zero-order valence-electron chi connectivity index (χ0n) is 11.1. The van der Waals surface area contributed by atoms with Crippen LogP contribution in [0.1, 0.15) is 18.1 Å². The number of hydrogen-bond donors (Lipinski definition) is 1. The highest BCUT2D eigenvalue weighted by Crippen LogP contribution is 2.36. The Morgan fingerprint density at radius 3 is 2.48 bits per heavy atom. The molecule has 6 heteroatoms. The number of nitrogens with zero attached hydrogens (tertiary/aromatic N) is 1. The number of hydrogen-bond acceptors (Lipinski definition) is 3. The lowest BCUT2D eigenvalue weighted by molar-refractivity contribution is 0.166. The molecule has 3 rings (SSSR count). The summed E-state index contributed by atoms with van der Waals surface area (Å²) in [6, 6.07) is 13.1. The molecule has 21 heavy (non-hydrogen) atoms. The summed E-state index contributed by atoms with van der Waals surface area (Å²) in [6.45, 7) is 0.253. The van der Waals surface area contributed by atoms with E-state index in [4.69, 9.17) is 11.6 Å². The van der Waals surface area contributed by atoms with Crippen LogP contribution in [0.4, 0.5) is 5.69 Å². The Hall–Kier alpha value is -1.56. The SMILES string of the molecule is O=S(=O)(c1ccc(Cl)cc1)N1CCC(O)c2ccccc21. The smallest absolute Gasteiger partial charge is 0.264 e. The van der Waals surface area contributed by atoms with Crippen molar-refractivity contribution in [3.05, 3.63) is 59.1 Å². The highest BCUT2D eigenvalue weighted by molar-refractivity contribution is 7.92. The maximum Gasteiger partial charge on any atom is 0.264 e. The second-order valence-electron chi connectivity index (χ2n) is 4.89. The fourth-order valence-corrected chi connectivity index (χ4v) is 4.13. The van der Waals surface area contributed by atoms with Crippen molar-refractivity contribution in [1.29, 1.82) is 0 Å². The van der Waals surface area contributed by atoms with Crippen LogP contribution in [0.5, 0.6) is 0 Å². The molecule has 0 aromatic heterocycles. The van der Waals surface area contributed by atoms with Crippen LogP contribution in [0.3, 0.4) is 0 Å². The van der Waals surface area contributed by atoms with E-state index < -0.39 is 16.1 Å². The normalized spacial score (nSPS) is 18.4. The third kappa shape index (κ3) is 2.52. The van der Waals surface area contributed by atoms with Crippen LogP contribution in [0.2, 0.25) is 5.02 Å². The van der Waals surface area contributed by atoms with Crippen molar-refractivity contribution in [3.63, 3.8) is 0 Å². The molecule has 0 spiro atoms. The maximum atomic E-state index is 12.8. The van der Waals surface area contributed by atoms with E-state index in [1.54, 1.807) is 36.4 Å². The number of fused-ring (bicyclic) bond motifs is 1. The third-order valence-corrected chi connectivity index (χ3v) is 5.65. The highest BCUT2D eigenvalue weighted by atomic mass is 35.5. The number of rotatable bonds is 2. The van der Waals surface area contributed by atoms with Crippen molar-refractivity contribution in [2.75, 3.05) is 10.8 Å². The van der Waals surface area contributed by atoms with Crippen molar-refractivity contribution in [2.45, 2.75) is 17.4 Å². The van der Waals surface area contributed by atoms with Crippen molar-refractivity contribution < 1.29 is 13.5 Å². The summed E-state index contributed by atoms with van der Waals surface area (Å²) in [5, 5.41) is 10.5. The average Bonchev–Trinajstić information content (AvgIpc) is 2.48. The first-order valence-corrected chi connectivity index (χ1v) is 8.37. The maximum absolute atomic E-state index is 12.8. The van der Waals surface area contributed by atoms with Gasteiger partial charge in [-0.05, 0) is 36.8 Å². The van der Waals surface area contributed by atoms with Gasteiger partial charge in [0.15, 0.2) is 0 Å². The minimum atomic E-state index is -3.65. The monoisotopic (exact) mass is 323 g/mol. The molecule has 1 heterocycles. The van der Waals surface area contributed by atoms with Gasteiger partial charge >= 0.3 is 0 Å². The molecule has 1 aliphatic rings. The van der Waals surface area contributed by atoms with Crippen molar-refractivity contribution >= 4 is 27.3 Å². The largest absolute Gasteiger partial charge is 0.388 e. The number of halogens is 1. The summed E-state index contributed by atoms with van der Waals surface area (Å²) in [5.41, 5.74) is 1.17. The molecule has 1 unspecified atom stereocenters. The van der Waals surface area contributed by atoms with Crippen LogP contribution in [-0.2, 0) is 10.0 Å². The molecule has 0 radical (unpaired) electrons. The summed E-state index contributed by atoms with van der Waals surface area (Å²) in [6.07, 6.45) is -0.248. The molecule has 1 aliphatic heterocycles. The zero-order chi connectivity index (χ0) is 15.0. The topological polar surface area (TPSA) is 57.6 Å². The summed E-state index contributed by atoms with van der Waals surface area (Å²) in [5.74, 6) is 0. The van der Waals surface area contributed by atoms with E-state index in [0.717, 1.165) is 0 Å². The summed E-state index contributed by atoms with van der Waals surface area (Å²) < 4.78 is 26.9. The Bertz CT molecular complexity index is 759. The Morgan fingerprint density at radius 2 is 1.76 bits per heavy atom. The predicted molar refractivity (Wildman–Crippen MR) is 82.0 cm³/mol. The Morgan fingerprint density at radius 1 is 1.10 bits per heavy atom. The average molecular weight is 324 g/mol. The fourth-order valence-electron chi connectivity index (χ4n) is 2.50. The Labute approximate surface area is 128 Å². The van der Waals surface area contributed by atoms with Crippen LogP contribution in [0.15, 0.2) is 53.4 Å². The van der Waals surface area contributed by atoms with Crippen LogP contribution in [0, 0.1) is 0 Å². The number of benzene rings is 2. The predicted octanol–water partition coefficient (Wildman–Crippen LogP) is 2.97. The minimum Gasteiger partial charge on any atom is -0.388 e. The van der Waals surface area contributed by atoms with Crippen LogP contribution in [-0.4, -0.2) is 20.1 Å². The Kier molecular flexibility index (Phi) is 3.65. The van der Waals surface area contributed by atoms with Crippen LogP contribution >= 0.6 is 11.6 Å².